The molecule has 122 valence electrons. The van der Waals surface area contributed by atoms with Gasteiger partial charge in [0.05, 0.1) is 12.8 Å². The van der Waals surface area contributed by atoms with Crippen molar-refractivity contribution in [2.24, 2.45) is 0 Å². The van der Waals surface area contributed by atoms with Crippen molar-refractivity contribution in [2.45, 2.75) is 33.7 Å². The minimum absolute atomic E-state index is 0.0717. The average molecular weight is 314 g/mol. The Morgan fingerprint density at radius 2 is 1.96 bits per heavy atom. The largest absolute Gasteiger partial charge is 0.467 e. The first-order valence-corrected chi connectivity index (χ1v) is 7.62. The molecule has 0 aliphatic rings. The third kappa shape index (κ3) is 4.45. The number of anilines is 1. The number of nitrogens with zero attached hydrogens (tertiary/aromatic N) is 1. The predicted octanol–water partition coefficient (Wildman–Crippen LogP) is 2.96. The van der Waals surface area contributed by atoms with Gasteiger partial charge in [0, 0.05) is 25.6 Å². The monoisotopic (exact) mass is 314 g/mol. The van der Waals surface area contributed by atoms with E-state index in [-0.39, 0.29) is 18.2 Å². The molecule has 1 aromatic heterocycles. The third-order valence-electron chi connectivity index (χ3n) is 3.85. The summed E-state index contributed by atoms with van der Waals surface area (Å²) in [5.74, 6) is 0.520. The molecule has 1 heterocycles. The summed E-state index contributed by atoms with van der Waals surface area (Å²) in [6, 6.07) is 9.42. The van der Waals surface area contributed by atoms with Gasteiger partial charge in [-0.15, -0.1) is 0 Å². The lowest BCUT2D eigenvalue weighted by molar-refractivity contribution is -0.121. The van der Waals surface area contributed by atoms with E-state index in [2.05, 4.69) is 5.32 Å². The zero-order chi connectivity index (χ0) is 16.8. The number of carbonyl (C=O) groups excluding carboxylic acids is 2. The van der Waals surface area contributed by atoms with Crippen LogP contribution >= 0.6 is 0 Å². The molecule has 2 amide bonds. The average Bonchev–Trinajstić information content (AvgIpc) is 3.02. The molecule has 0 aliphatic heterocycles. The van der Waals surface area contributed by atoms with E-state index in [1.54, 1.807) is 23.3 Å². The van der Waals surface area contributed by atoms with Crippen molar-refractivity contribution in [3.8, 4) is 0 Å². The van der Waals surface area contributed by atoms with Crippen LogP contribution in [0, 0.1) is 13.8 Å². The fraction of sp³-hybridized carbons (Fsp3) is 0.333. The lowest BCUT2D eigenvalue weighted by Crippen LogP contribution is -2.34. The highest BCUT2D eigenvalue weighted by atomic mass is 16.3. The molecule has 5 heteroatoms. The van der Waals surface area contributed by atoms with Crippen molar-refractivity contribution in [3.05, 3.63) is 53.5 Å². The smallest absolute Gasteiger partial charge is 0.223 e. The van der Waals surface area contributed by atoms with E-state index in [4.69, 9.17) is 4.42 Å². The van der Waals surface area contributed by atoms with Crippen molar-refractivity contribution in [1.29, 1.82) is 0 Å². The van der Waals surface area contributed by atoms with Gasteiger partial charge >= 0.3 is 0 Å². The summed E-state index contributed by atoms with van der Waals surface area (Å²) in [6.45, 7) is 6.21. The van der Waals surface area contributed by atoms with Gasteiger partial charge in [-0.05, 0) is 43.2 Å². The number of nitrogens with one attached hydrogen (secondary N) is 1. The van der Waals surface area contributed by atoms with Gasteiger partial charge in [-0.2, -0.15) is 0 Å². The summed E-state index contributed by atoms with van der Waals surface area (Å²) in [5, 5.41) is 2.79. The normalized spacial score (nSPS) is 10.4. The van der Waals surface area contributed by atoms with Gasteiger partial charge in [0.2, 0.25) is 11.8 Å². The topological polar surface area (TPSA) is 62.6 Å². The Morgan fingerprint density at radius 1 is 1.17 bits per heavy atom. The standard InChI is InChI=1S/C18H22N2O3/c1-13-6-4-8-17(14(13)2)20(15(3)21)10-9-18(22)19-12-16-7-5-11-23-16/h4-8,11H,9-10,12H2,1-3H3,(H,19,22). The van der Waals surface area contributed by atoms with E-state index in [1.807, 2.05) is 32.0 Å². The summed E-state index contributed by atoms with van der Waals surface area (Å²) in [4.78, 5) is 25.5. The summed E-state index contributed by atoms with van der Waals surface area (Å²) in [5.41, 5.74) is 3.03. The van der Waals surface area contributed by atoms with Crippen LogP contribution in [0.3, 0.4) is 0 Å². The van der Waals surface area contributed by atoms with E-state index in [9.17, 15) is 9.59 Å². The van der Waals surface area contributed by atoms with Crippen LogP contribution in [0.25, 0.3) is 0 Å². The van der Waals surface area contributed by atoms with E-state index >= 15 is 0 Å². The molecule has 0 radical (unpaired) electrons. The van der Waals surface area contributed by atoms with Crippen molar-refractivity contribution in [2.75, 3.05) is 11.4 Å². The summed E-state index contributed by atoms with van der Waals surface area (Å²) >= 11 is 0. The second-order valence-electron chi connectivity index (χ2n) is 5.50. The molecule has 0 saturated heterocycles. The van der Waals surface area contributed by atoms with Crippen molar-refractivity contribution in [1.82, 2.24) is 5.32 Å². The van der Waals surface area contributed by atoms with E-state index in [0.29, 0.717) is 18.8 Å². The Kier molecular flexibility index (Phi) is 5.57. The van der Waals surface area contributed by atoms with Crippen LogP contribution in [-0.4, -0.2) is 18.4 Å². The highest BCUT2D eigenvalue weighted by Crippen LogP contribution is 2.23. The van der Waals surface area contributed by atoms with Crippen LogP contribution in [0.1, 0.15) is 30.2 Å². The van der Waals surface area contributed by atoms with Crippen molar-refractivity contribution in [3.63, 3.8) is 0 Å². The minimum Gasteiger partial charge on any atom is -0.467 e. The second-order valence-corrected chi connectivity index (χ2v) is 5.50. The molecule has 0 aliphatic carbocycles. The van der Waals surface area contributed by atoms with Crippen LogP contribution in [-0.2, 0) is 16.1 Å². The van der Waals surface area contributed by atoms with Crippen LogP contribution in [0.2, 0.25) is 0 Å². The number of hydrogen-bond donors (Lipinski definition) is 1. The number of aryl methyl sites for hydroxylation is 1. The van der Waals surface area contributed by atoms with Crippen LogP contribution < -0.4 is 10.2 Å². The van der Waals surface area contributed by atoms with Gasteiger partial charge in [0.1, 0.15) is 5.76 Å². The second kappa shape index (κ2) is 7.63. The lowest BCUT2D eigenvalue weighted by Gasteiger charge is -2.23. The Labute approximate surface area is 136 Å². The number of rotatable bonds is 6. The quantitative estimate of drug-likeness (QED) is 0.891. The zero-order valence-corrected chi connectivity index (χ0v) is 13.8. The molecule has 0 bridgehead atoms. The maximum absolute atomic E-state index is 12.0. The van der Waals surface area contributed by atoms with E-state index in [0.717, 1.165) is 16.8 Å². The Bertz CT molecular complexity index is 678. The zero-order valence-electron chi connectivity index (χ0n) is 13.8. The number of furan rings is 1. The Balaban J connectivity index is 1.96. The summed E-state index contributed by atoms with van der Waals surface area (Å²) in [7, 11) is 0. The molecule has 1 N–H and O–H groups in total. The van der Waals surface area contributed by atoms with Crippen LogP contribution in [0.5, 0.6) is 0 Å². The summed E-state index contributed by atoms with van der Waals surface area (Å²) in [6.07, 6.45) is 1.81. The maximum Gasteiger partial charge on any atom is 0.223 e. The van der Waals surface area contributed by atoms with E-state index < -0.39 is 0 Å². The molecule has 0 saturated carbocycles. The first-order chi connectivity index (χ1) is 11.0. The fourth-order valence-electron chi connectivity index (χ4n) is 2.38. The molecular formula is C18H22N2O3. The van der Waals surface area contributed by atoms with Gasteiger partial charge in [0.15, 0.2) is 0 Å². The summed E-state index contributed by atoms with van der Waals surface area (Å²) < 4.78 is 5.17. The highest BCUT2D eigenvalue weighted by Gasteiger charge is 2.16. The molecule has 0 unspecified atom stereocenters. The molecule has 23 heavy (non-hydrogen) atoms. The van der Waals surface area contributed by atoms with Gasteiger partial charge in [-0.3, -0.25) is 9.59 Å². The lowest BCUT2D eigenvalue weighted by atomic mass is 10.1. The molecule has 1 aromatic carbocycles. The molecule has 0 atom stereocenters. The van der Waals surface area contributed by atoms with Gasteiger partial charge in [0.25, 0.3) is 0 Å². The van der Waals surface area contributed by atoms with Crippen LogP contribution in [0.15, 0.2) is 41.0 Å². The van der Waals surface area contributed by atoms with Crippen LogP contribution in [0.4, 0.5) is 5.69 Å². The van der Waals surface area contributed by atoms with Crippen molar-refractivity contribution < 1.29 is 14.0 Å². The number of hydrogen-bond acceptors (Lipinski definition) is 3. The highest BCUT2D eigenvalue weighted by molar-refractivity contribution is 5.93. The van der Waals surface area contributed by atoms with Gasteiger partial charge in [-0.1, -0.05) is 12.1 Å². The molecule has 5 nitrogen and oxygen atoms in total. The SMILES string of the molecule is CC(=O)N(CCC(=O)NCc1ccco1)c1cccc(C)c1C. The van der Waals surface area contributed by atoms with Gasteiger partial charge < -0.3 is 14.6 Å². The number of amides is 2. The molecular weight excluding hydrogens is 292 g/mol. The molecule has 2 rings (SSSR count). The minimum atomic E-state index is -0.113. The maximum atomic E-state index is 12.0. The third-order valence-corrected chi connectivity index (χ3v) is 3.85. The fourth-order valence-corrected chi connectivity index (χ4v) is 2.38. The molecule has 0 fully saturated rings. The van der Waals surface area contributed by atoms with Crippen molar-refractivity contribution >= 4 is 17.5 Å². The Hall–Kier alpha value is -2.56. The molecule has 2 aromatic rings. The number of carbonyl (C=O) groups is 2. The van der Waals surface area contributed by atoms with Gasteiger partial charge in [-0.25, -0.2) is 0 Å². The molecule has 0 spiro atoms. The Morgan fingerprint density at radius 3 is 2.61 bits per heavy atom. The first-order valence-electron chi connectivity index (χ1n) is 7.62. The number of benzene rings is 1. The predicted molar refractivity (Wildman–Crippen MR) is 89.1 cm³/mol. The van der Waals surface area contributed by atoms with E-state index in [1.165, 1.54) is 6.92 Å². The first kappa shape index (κ1) is 16.8.